The van der Waals surface area contributed by atoms with Crippen LogP contribution in [0.1, 0.15) is 30.1 Å². The summed E-state index contributed by atoms with van der Waals surface area (Å²) >= 11 is 1.51. The van der Waals surface area contributed by atoms with Crippen molar-refractivity contribution in [2.24, 2.45) is 0 Å². The van der Waals surface area contributed by atoms with Crippen molar-refractivity contribution in [1.29, 1.82) is 0 Å². The summed E-state index contributed by atoms with van der Waals surface area (Å²) in [5, 5.41) is 1.92. The molecule has 100 valence electrons. The predicted molar refractivity (Wildman–Crippen MR) is 74.9 cm³/mol. The zero-order valence-corrected chi connectivity index (χ0v) is 11.5. The summed E-state index contributed by atoms with van der Waals surface area (Å²) in [6, 6.07) is 8.02. The van der Waals surface area contributed by atoms with E-state index in [2.05, 4.69) is 0 Å². The standard InChI is InChI=1S/C15H15FO2S/c1-2-3-8-18-15(17)13-10-11(16)6-7-12(13)14-5-4-9-19-14/h4-7,9-10H,2-3,8H2,1H3. The van der Waals surface area contributed by atoms with Crippen LogP contribution in [0.4, 0.5) is 4.39 Å². The Morgan fingerprint density at radius 1 is 1.37 bits per heavy atom. The molecular weight excluding hydrogens is 263 g/mol. The van der Waals surface area contributed by atoms with Crippen LogP contribution in [-0.4, -0.2) is 12.6 Å². The Hall–Kier alpha value is -1.68. The number of thiophene rings is 1. The van der Waals surface area contributed by atoms with Crippen LogP contribution in [0.5, 0.6) is 0 Å². The quantitative estimate of drug-likeness (QED) is 0.594. The van der Waals surface area contributed by atoms with E-state index in [1.165, 1.54) is 23.5 Å². The highest BCUT2D eigenvalue weighted by Crippen LogP contribution is 2.29. The zero-order valence-electron chi connectivity index (χ0n) is 10.7. The Labute approximate surface area is 115 Å². The number of ether oxygens (including phenoxy) is 1. The second kappa shape index (κ2) is 6.48. The first-order valence-electron chi connectivity index (χ1n) is 6.23. The lowest BCUT2D eigenvalue weighted by Gasteiger charge is -2.08. The predicted octanol–water partition coefficient (Wildman–Crippen LogP) is 4.51. The lowest BCUT2D eigenvalue weighted by molar-refractivity contribution is 0.0500. The first-order valence-corrected chi connectivity index (χ1v) is 7.11. The highest BCUT2D eigenvalue weighted by molar-refractivity contribution is 7.13. The van der Waals surface area contributed by atoms with Crippen LogP contribution < -0.4 is 0 Å². The largest absolute Gasteiger partial charge is 0.462 e. The highest BCUT2D eigenvalue weighted by Gasteiger charge is 2.15. The summed E-state index contributed by atoms with van der Waals surface area (Å²) < 4.78 is 18.5. The third kappa shape index (κ3) is 3.41. The minimum absolute atomic E-state index is 0.290. The molecule has 1 aromatic carbocycles. The van der Waals surface area contributed by atoms with Gasteiger partial charge in [-0.15, -0.1) is 11.3 Å². The lowest BCUT2D eigenvalue weighted by atomic mass is 10.1. The van der Waals surface area contributed by atoms with Gasteiger partial charge >= 0.3 is 5.97 Å². The van der Waals surface area contributed by atoms with Gasteiger partial charge in [-0.1, -0.05) is 19.4 Å². The molecule has 1 aromatic heterocycles. The molecule has 0 unspecified atom stereocenters. The molecule has 4 heteroatoms. The van der Waals surface area contributed by atoms with Crippen molar-refractivity contribution in [1.82, 2.24) is 0 Å². The van der Waals surface area contributed by atoms with E-state index in [1.54, 1.807) is 6.07 Å². The molecule has 2 nitrogen and oxygen atoms in total. The van der Waals surface area contributed by atoms with E-state index in [-0.39, 0.29) is 0 Å². The molecule has 0 fully saturated rings. The van der Waals surface area contributed by atoms with Gasteiger partial charge in [-0.25, -0.2) is 9.18 Å². The maximum Gasteiger partial charge on any atom is 0.338 e. The van der Waals surface area contributed by atoms with E-state index in [0.717, 1.165) is 23.3 Å². The van der Waals surface area contributed by atoms with Gasteiger partial charge in [0.1, 0.15) is 5.82 Å². The third-order valence-corrected chi connectivity index (χ3v) is 3.62. The van der Waals surface area contributed by atoms with Gasteiger partial charge in [0.2, 0.25) is 0 Å². The van der Waals surface area contributed by atoms with Crippen LogP contribution in [0.25, 0.3) is 10.4 Å². The van der Waals surface area contributed by atoms with Crippen LogP contribution in [-0.2, 0) is 4.74 Å². The van der Waals surface area contributed by atoms with Crippen LogP contribution in [0.3, 0.4) is 0 Å². The number of unbranched alkanes of at least 4 members (excludes halogenated alkanes) is 1. The van der Waals surface area contributed by atoms with Gasteiger partial charge in [-0.3, -0.25) is 0 Å². The van der Waals surface area contributed by atoms with Crippen molar-refractivity contribution < 1.29 is 13.9 Å². The van der Waals surface area contributed by atoms with Gasteiger partial charge in [0.05, 0.1) is 12.2 Å². The van der Waals surface area contributed by atoms with E-state index in [1.807, 2.05) is 24.4 Å². The molecule has 0 aliphatic heterocycles. The smallest absolute Gasteiger partial charge is 0.338 e. The molecule has 0 saturated carbocycles. The van der Waals surface area contributed by atoms with Crippen molar-refractivity contribution >= 4 is 17.3 Å². The molecule has 0 N–H and O–H groups in total. The molecule has 19 heavy (non-hydrogen) atoms. The molecule has 0 atom stereocenters. The molecule has 0 radical (unpaired) electrons. The molecule has 0 aliphatic rings. The van der Waals surface area contributed by atoms with Crippen LogP contribution >= 0.6 is 11.3 Å². The number of carbonyl (C=O) groups excluding carboxylic acids is 1. The Morgan fingerprint density at radius 3 is 2.89 bits per heavy atom. The molecule has 0 spiro atoms. The Morgan fingerprint density at radius 2 is 2.21 bits per heavy atom. The average Bonchev–Trinajstić information content (AvgIpc) is 2.92. The number of benzene rings is 1. The van der Waals surface area contributed by atoms with Crippen molar-refractivity contribution in [3.63, 3.8) is 0 Å². The lowest BCUT2D eigenvalue weighted by Crippen LogP contribution is -2.08. The molecule has 0 bridgehead atoms. The Kier molecular flexibility index (Phi) is 4.68. The zero-order chi connectivity index (χ0) is 13.7. The third-order valence-electron chi connectivity index (χ3n) is 2.72. The number of halogens is 1. The number of carbonyl (C=O) groups is 1. The second-order valence-electron chi connectivity index (χ2n) is 4.16. The van der Waals surface area contributed by atoms with Crippen molar-refractivity contribution in [2.45, 2.75) is 19.8 Å². The monoisotopic (exact) mass is 278 g/mol. The molecular formula is C15H15FO2S. The highest BCUT2D eigenvalue weighted by atomic mass is 32.1. The second-order valence-corrected chi connectivity index (χ2v) is 5.10. The van der Waals surface area contributed by atoms with Crippen molar-refractivity contribution in [3.05, 3.63) is 47.1 Å². The molecule has 0 amide bonds. The van der Waals surface area contributed by atoms with E-state index in [0.29, 0.717) is 12.2 Å². The average molecular weight is 278 g/mol. The normalized spacial score (nSPS) is 10.4. The fourth-order valence-electron chi connectivity index (χ4n) is 1.72. The maximum atomic E-state index is 13.3. The summed E-state index contributed by atoms with van der Waals surface area (Å²) in [4.78, 5) is 12.9. The molecule has 2 rings (SSSR count). The summed E-state index contributed by atoms with van der Waals surface area (Å²) in [5.74, 6) is -0.890. The SMILES string of the molecule is CCCCOC(=O)c1cc(F)ccc1-c1cccs1. The van der Waals surface area contributed by atoms with E-state index in [4.69, 9.17) is 4.74 Å². The van der Waals surface area contributed by atoms with Gasteiger partial charge in [-0.05, 0) is 36.1 Å². The van der Waals surface area contributed by atoms with E-state index >= 15 is 0 Å². The summed E-state index contributed by atoms with van der Waals surface area (Å²) in [6.45, 7) is 2.39. The Bertz CT molecular complexity index is 549. The van der Waals surface area contributed by atoms with Crippen LogP contribution in [0.15, 0.2) is 35.7 Å². The van der Waals surface area contributed by atoms with Crippen LogP contribution in [0, 0.1) is 5.82 Å². The molecule has 1 heterocycles. The van der Waals surface area contributed by atoms with Crippen molar-refractivity contribution in [3.8, 4) is 10.4 Å². The van der Waals surface area contributed by atoms with E-state index in [9.17, 15) is 9.18 Å². The van der Waals surface area contributed by atoms with Gasteiger partial charge in [-0.2, -0.15) is 0 Å². The summed E-state index contributed by atoms with van der Waals surface area (Å²) in [5.41, 5.74) is 1.01. The molecule has 0 saturated heterocycles. The van der Waals surface area contributed by atoms with Gasteiger partial charge in [0.25, 0.3) is 0 Å². The molecule has 2 aromatic rings. The number of esters is 1. The van der Waals surface area contributed by atoms with Crippen LogP contribution in [0.2, 0.25) is 0 Å². The minimum atomic E-state index is -0.462. The summed E-state index contributed by atoms with van der Waals surface area (Å²) in [6.07, 6.45) is 1.77. The van der Waals surface area contributed by atoms with Crippen molar-refractivity contribution in [2.75, 3.05) is 6.61 Å². The number of hydrogen-bond acceptors (Lipinski definition) is 3. The number of rotatable bonds is 5. The Balaban J connectivity index is 2.27. The fraction of sp³-hybridized carbons (Fsp3) is 0.267. The summed E-state index contributed by atoms with van der Waals surface area (Å²) in [7, 11) is 0. The van der Waals surface area contributed by atoms with Gasteiger partial charge in [0, 0.05) is 10.4 Å². The molecule has 0 aliphatic carbocycles. The fourth-order valence-corrected chi connectivity index (χ4v) is 2.48. The first-order chi connectivity index (χ1) is 9.22. The number of hydrogen-bond donors (Lipinski definition) is 0. The minimum Gasteiger partial charge on any atom is -0.462 e. The van der Waals surface area contributed by atoms with Gasteiger partial charge in [0.15, 0.2) is 0 Å². The first kappa shape index (κ1) is 13.7. The van der Waals surface area contributed by atoms with Gasteiger partial charge < -0.3 is 4.74 Å². The maximum absolute atomic E-state index is 13.3. The van der Waals surface area contributed by atoms with E-state index < -0.39 is 11.8 Å². The topological polar surface area (TPSA) is 26.3 Å².